The van der Waals surface area contributed by atoms with E-state index in [0.717, 1.165) is 104 Å². The molecular weight excluding hydrogens is 893 g/mol. The van der Waals surface area contributed by atoms with E-state index in [9.17, 15) is 0 Å². The fourth-order valence-corrected chi connectivity index (χ4v) is 11.3. The van der Waals surface area contributed by atoms with Crippen molar-refractivity contribution in [2.24, 2.45) is 0 Å². The van der Waals surface area contributed by atoms with Crippen molar-refractivity contribution in [3.05, 3.63) is 236 Å². The van der Waals surface area contributed by atoms with Gasteiger partial charge in [0.15, 0.2) is 5.82 Å². The second kappa shape index (κ2) is 15.4. The lowest BCUT2D eigenvalue weighted by atomic mass is 10.0. The van der Waals surface area contributed by atoms with E-state index in [1.165, 1.54) is 12.1 Å². The molecule has 10 aromatic carbocycles. The van der Waals surface area contributed by atoms with Gasteiger partial charge in [0.2, 0.25) is 11.9 Å². The maximum absolute atomic E-state index is 15.3. The molecule has 0 saturated heterocycles. The highest BCUT2D eigenvalue weighted by Crippen LogP contribution is 2.44. The smallest absolute Gasteiger partial charge is 0.240 e. The van der Waals surface area contributed by atoms with Crippen LogP contribution in [-0.2, 0) is 0 Å². The molecule has 0 bridgehead atoms. The largest absolute Gasteiger partial charge is 0.307 e. The van der Waals surface area contributed by atoms with Crippen LogP contribution in [0.1, 0.15) is 0 Å². The van der Waals surface area contributed by atoms with Crippen LogP contribution in [0.25, 0.3) is 133 Å². The number of hydrogen-bond acceptors (Lipinski definition) is 3. The highest BCUT2D eigenvalue weighted by molar-refractivity contribution is 6.25. The lowest BCUT2D eigenvalue weighted by Crippen LogP contribution is -2.11. The van der Waals surface area contributed by atoms with Crippen LogP contribution in [0.4, 0.5) is 8.78 Å². The predicted molar refractivity (Wildman–Crippen MR) is 288 cm³/mol. The first kappa shape index (κ1) is 40.2. The number of aromatic nitrogens is 7. The number of rotatable bonds is 6. The van der Waals surface area contributed by atoms with Crippen LogP contribution in [0, 0.1) is 11.6 Å². The molecule has 0 spiro atoms. The van der Waals surface area contributed by atoms with Crippen molar-refractivity contribution in [1.82, 2.24) is 33.2 Å². The van der Waals surface area contributed by atoms with E-state index >= 15 is 8.78 Å². The van der Waals surface area contributed by atoms with E-state index in [1.54, 1.807) is 24.3 Å². The first-order valence-electron chi connectivity index (χ1n) is 23.9. The predicted octanol–water partition coefficient (Wildman–Crippen LogP) is 15.9. The molecule has 0 unspecified atom stereocenters. The van der Waals surface area contributed by atoms with Crippen LogP contribution < -0.4 is 0 Å². The molecule has 72 heavy (non-hydrogen) atoms. The Morgan fingerprint density at radius 1 is 0.264 bits per heavy atom. The van der Waals surface area contributed by atoms with Gasteiger partial charge in [-0.25, -0.2) is 8.78 Å². The van der Waals surface area contributed by atoms with Crippen molar-refractivity contribution in [3.8, 4) is 45.8 Å². The molecule has 5 aromatic heterocycles. The first-order chi connectivity index (χ1) is 35.6. The Bertz CT molecular complexity index is 4460. The zero-order valence-electron chi connectivity index (χ0n) is 38.2. The Labute approximate surface area is 409 Å². The zero-order valence-corrected chi connectivity index (χ0v) is 38.2. The summed E-state index contributed by atoms with van der Waals surface area (Å²) < 4.78 is 39.3. The number of nitrogens with zero attached hydrogens (tertiary/aromatic N) is 7. The van der Waals surface area contributed by atoms with Gasteiger partial charge in [-0.2, -0.15) is 15.0 Å². The zero-order chi connectivity index (χ0) is 47.6. The van der Waals surface area contributed by atoms with Crippen LogP contribution in [0.5, 0.6) is 0 Å². The average molecular weight is 930 g/mol. The Morgan fingerprint density at radius 2 is 0.611 bits per heavy atom. The second-order valence-corrected chi connectivity index (χ2v) is 18.3. The van der Waals surface area contributed by atoms with Crippen LogP contribution in [-0.4, -0.2) is 33.2 Å². The molecule has 0 fully saturated rings. The highest BCUT2D eigenvalue weighted by Gasteiger charge is 2.27. The molecule has 0 atom stereocenters. The molecule has 0 aliphatic rings. The summed E-state index contributed by atoms with van der Waals surface area (Å²) in [6.45, 7) is 0. The number of halogens is 2. The molecule has 15 rings (SSSR count). The van der Waals surface area contributed by atoms with Crippen LogP contribution in [0.3, 0.4) is 0 Å². The minimum absolute atomic E-state index is 0.326. The van der Waals surface area contributed by atoms with Gasteiger partial charge in [0.25, 0.3) is 0 Å². The molecular formula is C63H37F2N7. The summed E-state index contributed by atoms with van der Waals surface area (Å²) in [5, 5.41) is 8.10. The van der Waals surface area contributed by atoms with Gasteiger partial charge in [0, 0.05) is 60.0 Å². The minimum Gasteiger partial charge on any atom is -0.307 e. The number of para-hydroxylation sites is 4. The van der Waals surface area contributed by atoms with Gasteiger partial charge in [-0.1, -0.05) is 164 Å². The molecule has 7 nitrogen and oxygen atoms in total. The van der Waals surface area contributed by atoms with Gasteiger partial charge in [0.1, 0.15) is 11.6 Å². The average Bonchev–Trinajstić information content (AvgIpc) is 4.17. The van der Waals surface area contributed by atoms with E-state index < -0.39 is 0 Å². The standard InChI is InChI=1S/C63H37F2N7/c64-41-16-12-18-43(36-41)69-53-24-8-4-20-45(53)49-32-34-51-47-22-6-10-26-55(47)71(59(51)57(49)69)62-66-61(40-30-28-39(29-31-40)38-14-2-1-3-15-38)67-63(68-62)72-56-27-11-7-23-48(56)52-35-33-50-46-21-5-9-25-54(46)70(58(50)60(52)72)44-19-13-17-42(65)37-44/h1-37H. The van der Waals surface area contributed by atoms with Crippen LogP contribution >= 0.6 is 0 Å². The van der Waals surface area contributed by atoms with E-state index in [1.807, 2.05) is 66.7 Å². The molecule has 0 aliphatic heterocycles. The summed E-state index contributed by atoms with van der Waals surface area (Å²) in [5.74, 6) is 0.629. The summed E-state index contributed by atoms with van der Waals surface area (Å²) in [4.78, 5) is 16.6. The van der Waals surface area contributed by atoms with Gasteiger partial charge in [-0.05, 0) is 71.8 Å². The maximum atomic E-state index is 15.3. The Balaban J connectivity index is 1.11. The topological polar surface area (TPSA) is 58.4 Å². The fourth-order valence-electron chi connectivity index (χ4n) is 11.3. The summed E-state index contributed by atoms with van der Waals surface area (Å²) >= 11 is 0. The minimum atomic E-state index is -0.326. The lowest BCUT2D eigenvalue weighted by molar-refractivity contribution is 0.626. The van der Waals surface area contributed by atoms with Crippen molar-refractivity contribution < 1.29 is 8.78 Å². The van der Waals surface area contributed by atoms with Gasteiger partial charge >= 0.3 is 0 Å². The Kier molecular flexibility index (Phi) is 8.59. The third-order valence-corrected chi connectivity index (χ3v) is 14.3. The molecule has 0 aliphatic carbocycles. The van der Waals surface area contributed by atoms with E-state index in [2.05, 4.69) is 140 Å². The van der Waals surface area contributed by atoms with Crippen molar-refractivity contribution in [1.29, 1.82) is 0 Å². The highest BCUT2D eigenvalue weighted by atomic mass is 19.1. The number of fused-ring (bicyclic) bond motifs is 14. The van der Waals surface area contributed by atoms with Crippen LogP contribution in [0.15, 0.2) is 224 Å². The molecule has 0 amide bonds. The van der Waals surface area contributed by atoms with Crippen molar-refractivity contribution in [2.45, 2.75) is 0 Å². The molecule has 9 heteroatoms. The number of hydrogen-bond donors (Lipinski definition) is 0. The molecule has 5 heterocycles. The van der Waals surface area contributed by atoms with E-state index in [0.29, 0.717) is 29.1 Å². The van der Waals surface area contributed by atoms with E-state index in [4.69, 9.17) is 15.0 Å². The van der Waals surface area contributed by atoms with Gasteiger partial charge in [-0.3, -0.25) is 9.13 Å². The second-order valence-electron chi connectivity index (χ2n) is 18.3. The molecule has 0 N–H and O–H groups in total. The first-order valence-corrected chi connectivity index (χ1v) is 23.9. The van der Waals surface area contributed by atoms with Crippen molar-refractivity contribution in [2.75, 3.05) is 0 Å². The summed E-state index contributed by atoms with van der Waals surface area (Å²) in [6.07, 6.45) is 0. The molecule has 338 valence electrons. The normalized spacial score (nSPS) is 12.0. The third-order valence-electron chi connectivity index (χ3n) is 14.3. The number of benzene rings is 10. The summed E-state index contributed by atoms with van der Waals surface area (Å²) in [7, 11) is 0. The monoisotopic (exact) mass is 929 g/mol. The SMILES string of the molecule is Fc1cccc(-n2c3ccccc3c3ccc4c5ccccc5n(-c5nc(-c6ccc(-c7ccccc7)cc6)nc(-n6c7ccccc7c7ccc8c9ccccc9n(-c9cccc(F)c9)c8c76)n5)c4c32)c1. The third kappa shape index (κ3) is 5.85. The maximum Gasteiger partial charge on any atom is 0.240 e. The van der Waals surface area contributed by atoms with Gasteiger partial charge < -0.3 is 9.13 Å². The molecule has 15 aromatic rings. The Hall–Kier alpha value is -9.73. The van der Waals surface area contributed by atoms with Crippen molar-refractivity contribution >= 4 is 87.2 Å². The fraction of sp³-hybridized carbons (Fsp3) is 0. The van der Waals surface area contributed by atoms with E-state index in [-0.39, 0.29) is 11.6 Å². The lowest BCUT2D eigenvalue weighted by Gasteiger charge is -2.15. The van der Waals surface area contributed by atoms with Crippen molar-refractivity contribution in [3.63, 3.8) is 0 Å². The summed E-state index contributed by atoms with van der Waals surface area (Å²) in [6, 6.07) is 74.1. The quantitative estimate of drug-likeness (QED) is 0.167. The van der Waals surface area contributed by atoms with Crippen LogP contribution in [0.2, 0.25) is 0 Å². The van der Waals surface area contributed by atoms with Gasteiger partial charge in [-0.15, -0.1) is 0 Å². The molecule has 0 radical (unpaired) electrons. The molecule has 0 saturated carbocycles. The summed E-state index contributed by atoms with van der Waals surface area (Å²) in [5.41, 5.74) is 11.6. The van der Waals surface area contributed by atoms with Gasteiger partial charge in [0.05, 0.1) is 44.1 Å². The Morgan fingerprint density at radius 3 is 1.03 bits per heavy atom.